The number of hydrogen-bond donors (Lipinski definition) is 8. The first-order chi connectivity index (χ1) is 58.5. The molecule has 32 heteroatoms. The summed E-state index contributed by atoms with van der Waals surface area (Å²) in [7, 11) is 0. The highest BCUT2D eigenvalue weighted by Crippen LogP contribution is 2.40. The summed E-state index contributed by atoms with van der Waals surface area (Å²) < 4.78 is 8.43. The quantitative estimate of drug-likeness (QED) is 0.0148. The number of anilines is 4. The minimum Gasteiger partial charge on any atom is -0.382 e. The summed E-state index contributed by atoms with van der Waals surface area (Å²) in [4.78, 5) is 57.1. The Kier molecular flexibility index (Phi) is 34.1. The van der Waals surface area contributed by atoms with E-state index < -0.39 is 0 Å². The molecule has 0 amide bonds. The number of halogens is 4. The molecule has 6 aromatic carbocycles. The fraction of sp³-hybridized carbons (Fsp3) is 0.333. The molecule has 12 N–H and O–H groups in total. The van der Waals surface area contributed by atoms with E-state index in [9.17, 15) is 0 Å². The molecular weight excluding hydrogens is 1690 g/mol. The molecule has 122 heavy (non-hydrogen) atoms. The Hall–Kier alpha value is -9.58. The van der Waals surface area contributed by atoms with Crippen molar-refractivity contribution in [3.8, 4) is 34.1 Å². The molecule has 14 rings (SSSR count). The molecule has 0 spiro atoms. The summed E-state index contributed by atoms with van der Waals surface area (Å²) in [5, 5.41) is 19.8. The molecule has 0 saturated carbocycles. The molecule has 638 valence electrons. The molecule has 0 aliphatic heterocycles. The molecule has 8 aromatic heterocycles. The Bertz CT molecular complexity index is 5970. The Balaban J connectivity index is 0.000000159. The van der Waals surface area contributed by atoms with Crippen LogP contribution in [-0.4, -0.2) is 128 Å². The van der Waals surface area contributed by atoms with Crippen molar-refractivity contribution < 1.29 is 0 Å². The standard InChI is InChI=1S/2C24H27ClN6S.C22H27ClN6S.C20H25ClN6S/c1-15(2)27-9-4-10-31-23-21(22(26)28-14-29-23)30-24(31)32-20-12-18(11-19(25)13-20)17-7-5-16(3)6-8-17;1-15(2)27-8-5-9-31-23-21(22(26)28-14-29-23)30-24(31)32-20-12-18(11-19(25)13-20)17-7-4-6-16(3)10-17;1-14(2)6-7-16-10-17(23)12-18(11-16)30-22-28-19-20(24)26-13-27-21(19)29(22)9-5-8-25-15(3)4;1-12(2)14-8-15(21)10-16(9-14)28-20-26-17-18(22)24-11-25-19(17)27(20)7-5-6-23-13(3)4/h5-8,11-15,27H,4,9-10H2,1-3H3,(H2,26,28,29);4,6-7,10-15,27H,5,8-9H2,1-3H3,(H2,26,28,29);10-15,25H,5,8-9H2,1-4H3,(H2,24,26,27);8-11,13,23H,1,5-7H2,2-4H3,(H2,22,24,25). The third-order valence-corrected chi connectivity index (χ3v) is 23.3. The number of aromatic nitrogens is 16. The van der Waals surface area contributed by atoms with Crippen molar-refractivity contribution in [2.75, 3.05) is 49.1 Å². The van der Waals surface area contributed by atoms with E-state index >= 15 is 0 Å². The summed E-state index contributed by atoms with van der Waals surface area (Å²) in [6, 6.07) is 42.6. The van der Waals surface area contributed by atoms with Gasteiger partial charge in [-0.25, -0.2) is 59.8 Å². The number of rotatable bonds is 31. The van der Waals surface area contributed by atoms with Gasteiger partial charge in [0, 0.05) is 102 Å². The Morgan fingerprint density at radius 2 is 0.721 bits per heavy atom. The number of hydrogen-bond acceptors (Lipinski definition) is 24. The minimum atomic E-state index is 0.297. The average Bonchev–Trinajstić information content (AvgIpc) is 1.65. The lowest BCUT2D eigenvalue weighted by Gasteiger charge is -2.11. The van der Waals surface area contributed by atoms with Crippen LogP contribution in [0.15, 0.2) is 193 Å². The molecule has 0 saturated heterocycles. The molecule has 0 aliphatic carbocycles. The fourth-order valence-electron chi connectivity index (χ4n) is 12.7. The highest BCUT2D eigenvalue weighted by molar-refractivity contribution is 8.00. The van der Waals surface area contributed by atoms with Crippen LogP contribution < -0.4 is 44.2 Å². The van der Waals surface area contributed by atoms with Gasteiger partial charge in [-0.05, 0) is 173 Å². The maximum absolute atomic E-state index is 6.49. The van der Waals surface area contributed by atoms with Gasteiger partial charge in [0.2, 0.25) is 0 Å². The third kappa shape index (κ3) is 26.5. The van der Waals surface area contributed by atoms with Crippen molar-refractivity contribution in [1.82, 2.24) is 99.3 Å². The molecule has 8 heterocycles. The highest BCUT2D eigenvalue weighted by atomic mass is 35.5. The number of fused-ring (bicyclic) bond motifs is 4. The van der Waals surface area contributed by atoms with Crippen LogP contribution >= 0.6 is 93.5 Å². The number of benzene rings is 6. The zero-order valence-electron chi connectivity index (χ0n) is 71.0. The van der Waals surface area contributed by atoms with Crippen molar-refractivity contribution in [3.63, 3.8) is 0 Å². The topological polar surface area (TPSA) is 327 Å². The van der Waals surface area contributed by atoms with Gasteiger partial charge in [-0.1, -0.05) is 246 Å². The lowest BCUT2D eigenvalue weighted by molar-refractivity contribution is 0.525. The maximum atomic E-state index is 6.49. The van der Waals surface area contributed by atoms with Crippen LogP contribution in [0.4, 0.5) is 23.3 Å². The lowest BCUT2D eigenvalue weighted by Crippen LogP contribution is -2.24. The predicted octanol–water partition coefficient (Wildman–Crippen LogP) is 20.4. The molecular formula is C90H106Cl4N24S4. The van der Waals surface area contributed by atoms with E-state index in [4.69, 9.17) is 89.3 Å². The first-order valence-corrected chi connectivity index (χ1v) is 45.3. The van der Waals surface area contributed by atoms with Gasteiger partial charge >= 0.3 is 0 Å². The number of aryl methyl sites for hydroxylation is 6. The maximum Gasteiger partial charge on any atom is 0.175 e. The van der Waals surface area contributed by atoms with Gasteiger partial charge in [-0.2, -0.15) is 0 Å². The Morgan fingerprint density at radius 3 is 1.07 bits per heavy atom. The van der Waals surface area contributed by atoms with Crippen LogP contribution in [0.1, 0.15) is 124 Å². The third-order valence-electron chi connectivity index (χ3n) is 18.6. The fourth-order valence-corrected chi connectivity index (χ4v) is 18.0. The van der Waals surface area contributed by atoms with Crippen LogP contribution in [0.3, 0.4) is 0 Å². The first kappa shape index (κ1) is 93.1. The highest BCUT2D eigenvalue weighted by Gasteiger charge is 2.23. The van der Waals surface area contributed by atoms with Crippen molar-refractivity contribution in [2.45, 2.75) is 206 Å². The van der Waals surface area contributed by atoms with Crippen LogP contribution in [-0.2, 0) is 26.2 Å². The van der Waals surface area contributed by atoms with E-state index in [1.165, 1.54) is 48.2 Å². The van der Waals surface area contributed by atoms with Gasteiger partial charge < -0.3 is 62.5 Å². The minimum absolute atomic E-state index is 0.297. The lowest BCUT2D eigenvalue weighted by atomic mass is 10.0. The van der Waals surface area contributed by atoms with Crippen molar-refractivity contribution >= 4 is 167 Å². The van der Waals surface area contributed by atoms with E-state index in [1.807, 2.05) is 61.5 Å². The van der Waals surface area contributed by atoms with Gasteiger partial charge in [0.15, 0.2) is 88.6 Å². The molecule has 0 bridgehead atoms. The monoisotopic (exact) mass is 1790 g/mol. The number of imidazole rings is 4. The van der Waals surface area contributed by atoms with Crippen LogP contribution in [0.5, 0.6) is 0 Å². The summed E-state index contributed by atoms with van der Waals surface area (Å²) in [6.07, 6.45) is 9.74. The molecule has 0 radical (unpaired) electrons. The van der Waals surface area contributed by atoms with Gasteiger partial charge in [0.1, 0.15) is 25.3 Å². The summed E-state index contributed by atoms with van der Waals surface area (Å²) in [5.74, 6) is 8.22. The van der Waals surface area contributed by atoms with E-state index in [0.29, 0.717) is 95.5 Å². The van der Waals surface area contributed by atoms with Crippen molar-refractivity contribution in [2.24, 2.45) is 5.92 Å². The van der Waals surface area contributed by atoms with Crippen molar-refractivity contribution in [3.05, 3.63) is 196 Å². The molecule has 0 atom stereocenters. The number of allylic oxidation sites excluding steroid dienone is 1. The van der Waals surface area contributed by atoms with E-state index in [0.717, 1.165) is 180 Å². The second kappa shape index (κ2) is 44.7. The second-order valence-corrected chi connectivity index (χ2v) is 36.7. The zero-order valence-corrected chi connectivity index (χ0v) is 77.3. The number of nitrogen functional groups attached to an aromatic ring is 4. The first-order valence-electron chi connectivity index (χ1n) is 40.5. The SMILES string of the molecule is C=C(C)c1cc(Cl)cc(Sc2nc3c(N)ncnc3n2CCCNC(C)C)c1.CC(C)C#Cc1cc(Cl)cc(Sc2nc3c(N)ncnc3n2CCCNC(C)C)c1.Cc1ccc(-c2cc(Cl)cc(Sc3nc4c(N)ncnc4n3CCCNC(C)C)c2)cc1.Cc1cccc(-c2cc(Cl)cc(Sc3nc4c(N)ncnc4n3CCCNC(C)C)c2)c1. The summed E-state index contributed by atoms with van der Waals surface area (Å²) >= 11 is 31.8. The average molecular weight is 1790 g/mol. The number of nitrogens with zero attached hydrogens (tertiary/aromatic N) is 16. The number of nitrogens with one attached hydrogen (secondary N) is 4. The van der Waals surface area contributed by atoms with E-state index in [-0.39, 0.29) is 0 Å². The largest absolute Gasteiger partial charge is 0.382 e. The second-order valence-electron chi connectivity index (χ2n) is 30.8. The summed E-state index contributed by atoms with van der Waals surface area (Å²) in [6.45, 7) is 38.2. The van der Waals surface area contributed by atoms with Gasteiger partial charge in [0.05, 0.1) is 0 Å². The molecule has 24 nitrogen and oxygen atoms in total. The normalized spacial score (nSPS) is 11.5. The zero-order chi connectivity index (χ0) is 87.3. The van der Waals surface area contributed by atoms with Crippen LogP contribution in [0.25, 0.3) is 72.5 Å². The van der Waals surface area contributed by atoms with Crippen molar-refractivity contribution in [1.29, 1.82) is 0 Å². The summed E-state index contributed by atoms with van der Waals surface area (Å²) in [5.41, 5.74) is 39.5. The molecule has 0 aliphatic rings. The van der Waals surface area contributed by atoms with Gasteiger partial charge in [-0.3, -0.25) is 0 Å². The Labute approximate surface area is 751 Å². The number of nitrogens with two attached hydrogens (primary N) is 4. The van der Waals surface area contributed by atoms with Gasteiger partial charge in [-0.15, -0.1) is 0 Å². The Morgan fingerprint density at radius 1 is 0.385 bits per heavy atom. The predicted molar refractivity (Wildman–Crippen MR) is 509 cm³/mol. The molecule has 14 aromatic rings. The smallest absolute Gasteiger partial charge is 0.175 e. The van der Waals surface area contributed by atoms with Gasteiger partial charge in [0.25, 0.3) is 0 Å². The molecule has 0 fully saturated rings. The van der Waals surface area contributed by atoms with Crippen LogP contribution in [0.2, 0.25) is 20.1 Å². The van der Waals surface area contributed by atoms with E-state index in [2.05, 4.69) is 248 Å². The molecule has 0 unspecified atom stereocenters. The van der Waals surface area contributed by atoms with E-state index in [1.54, 1.807) is 35.3 Å². The van der Waals surface area contributed by atoms with Crippen LogP contribution in [0, 0.1) is 31.6 Å².